The molecule has 21 rings (SSSR count). The summed E-state index contributed by atoms with van der Waals surface area (Å²) < 4.78 is 17.5. The summed E-state index contributed by atoms with van der Waals surface area (Å²) in [6.45, 7) is 42.7. The molecule has 6 aromatic rings. The lowest BCUT2D eigenvalue weighted by Gasteiger charge is -2.34. The predicted octanol–water partition coefficient (Wildman–Crippen LogP) is 15.4. The van der Waals surface area contributed by atoms with E-state index < -0.39 is 0 Å². The van der Waals surface area contributed by atoms with Crippen molar-refractivity contribution in [1.82, 2.24) is 63.9 Å². The number of benzene rings is 5. The van der Waals surface area contributed by atoms with Crippen LogP contribution in [0.3, 0.4) is 0 Å². The number of aromatic nitrogens is 2. The number of Topliss-reactive ketones (excluding diaryl/α,β-unsaturated/α-hetero) is 11. The Morgan fingerprint density at radius 1 is 0.367 bits per heavy atom. The van der Waals surface area contributed by atoms with Crippen LogP contribution >= 0.6 is 0 Å². The zero-order valence-electron chi connectivity index (χ0n) is 95.4. The molecule has 0 unspecified atom stereocenters. The van der Waals surface area contributed by atoms with Crippen LogP contribution in [0.1, 0.15) is 215 Å². The van der Waals surface area contributed by atoms with Gasteiger partial charge in [0, 0.05) is 84.7 Å². The van der Waals surface area contributed by atoms with E-state index in [9.17, 15) is 52.7 Å². The van der Waals surface area contributed by atoms with E-state index in [0.29, 0.717) is 70.0 Å². The Morgan fingerprint density at radius 3 is 1.10 bits per heavy atom. The van der Waals surface area contributed by atoms with Crippen LogP contribution in [0, 0.1) is 58.2 Å². The number of imidazole rings is 1. The lowest BCUT2D eigenvalue weighted by atomic mass is 9.85. The van der Waals surface area contributed by atoms with E-state index in [0.717, 1.165) is 176 Å². The molecule has 5 aromatic carbocycles. The van der Waals surface area contributed by atoms with E-state index in [1.807, 2.05) is 150 Å². The maximum Gasteiger partial charge on any atom is 0.150 e. The van der Waals surface area contributed by atoms with Gasteiger partial charge in [-0.1, -0.05) is 174 Å². The van der Waals surface area contributed by atoms with Gasteiger partial charge in [0.1, 0.15) is 87.3 Å². The quantitative estimate of drug-likeness (QED) is 0.0695. The number of carbonyl (C=O) groups excluding carboxylic acids is 11. The highest BCUT2D eigenvalue weighted by atomic mass is 16.5. The van der Waals surface area contributed by atoms with Gasteiger partial charge in [0.05, 0.1) is 96.4 Å². The molecule has 22 atom stereocenters. The van der Waals surface area contributed by atoms with Crippen molar-refractivity contribution in [3.8, 4) is 11.5 Å². The molecule has 12 heterocycles. The van der Waals surface area contributed by atoms with Gasteiger partial charge in [-0.2, -0.15) is 0 Å². The van der Waals surface area contributed by atoms with Crippen LogP contribution in [0.4, 0.5) is 0 Å². The minimum atomic E-state index is -0.249. The van der Waals surface area contributed by atoms with Gasteiger partial charge in [0.15, 0.2) is 0 Å². The number of carbonyl (C=O) groups is 11. The number of nitrogens with one attached hydrogen (secondary N) is 1. The van der Waals surface area contributed by atoms with Crippen LogP contribution in [-0.2, 0) is 96.4 Å². The van der Waals surface area contributed by atoms with Crippen LogP contribution in [-0.4, -0.2) is 348 Å². The molecular weight excluding hydrogens is 1880 g/mol. The first kappa shape index (κ1) is 121. The number of rotatable bonds is 20. The third-order valence-electron chi connectivity index (χ3n) is 35.5. The summed E-state index contributed by atoms with van der Waals surface area (Å²) in [6, 6.07) is 49.5. The van der Waals surface area contributed by atoms with Gasteiger partial charge in [-0.3, -0.25) is 107 Å². The molecule has 0 spiro atoms. The van der Waals surface area contributed by atoms with Gasteiger partial charge in [-0.25, -0.2) is 4.98 Å². The van der Waals surface area contributed by atoms with E-state index >= 15 is 0 Å². The average Bonchev–Trinajstić information content (AvgIpc) is 1.53. The van der Waals surface area contributed by atoms with E-state index in [4.69, 9.17) is 14.2 Å². The Hall–Kier alpha value is -9.46. The molecule has 822 valence electrons. The minimum absolute atomic E-state index is 0.01000. The maximum atomic E-state index is 11.9. The molecule has 11 aliphatic heterocycles. The van der Waals surface area contributed by atoms with E-state index in [-0.39, 0.29) is 119 Å². The number of likely N-dealkylation sites (N-methyl/N-ethyl adjacent to an activating group) is 11. The number of para-hydroxylation sites is 2. The van der Waals surface area contributed by atoms with Crippen LogP contribution in [0.25, 0.3) is 0 Å². The molecule has 4 aliphatic carbocycles. The molecule has 15 aliphatic rings. The smallest absolute Gasteiger partial charge is 0.150 e. The van der Waals surface area contributed by atoms with Crippen molar-refractivity contribution in [2.75, 3.05) is 136 Å². The normalized spacial score (nSPS) is 30.6. The number of H-pyrrole nitrogens is 1. The number of aromatic amines is 1. The van der Waals surface area contributed by atoms with Crippen molar-refractivity contribution in [1.29, 1.82) is 0 Å². The monoisotopic (exact) mass is 2060 g/mol. The molecule has 9 saturated heterocycles. The molecule has 0 bridgehead atoms. The number of piperidine rings is 2. The molecule has 150 heavy (non-hydrogen) atoms. The first-order valence-electron chi connectivity index (χ1n) is 55.1. The Bertz CT molecular complexity index is 5280. The van der Waals surface area contributed by atoms with E-state index in [2.05, 4.69) is 171 Å². The number of nitrogens with zero attached hydrogens (tertiary/aromatic N) is 12. The number of hydrogen-bond donors (Lipinski definition) is 1. The second-order valence-electron chi connectivity index (χ2n) is 47.4. The molecule has 1 aromatic heterocycles. The van der Waals surface area contributed by atoms with Crippen molar-refractivity contribution in [2.45, 2.75) is 304 Å². The van der Waals surface area contributed by atoms with Crippen molar-refractivity contribution >= 4 is 63.6 Å². The highest BCUT2D eigenvalue weighted by molar-refractivity contribution is 5.88. The van der Waals surface area contributed by atoms with Crippen LogP contribution in [0.15, 0.2) is 164 Å². The third kappa shape index (κ3) is 31.5. The number of hydrogen-bond acceptors (Lipinski definition) is 26. The first-order chi connectivity index (χ1) is 70.9. The zero-order valence-corrected chi connectivity index (χ0v) is 95.4. The van der Waals surface area contributed by atoms with Crippen molar-refractivity contribution < 1.29 is 67.0 Å². The standard InChI is InChI=1S/C14H19NO2.C14H19NO.2C13H17NO2.C12H15NO.4C10H17NO.C9H13N3O.C8H13NO/c1-11(16)14-8-13(9-15(14)2)17-10-12-6-4-3-5-7-12;1-12(16)14(9-6-10-15(14)2)11-13-7-4-3-5-8-13;2*1-10(15)13-8-12(9-14(13)2)16-11-6-4-3-5-7-11;1-9(14)12-7-10-5-3-4-6-11(10)8-13(12)2;2*1-6(12)9-8-7(5-11(9)4)10(8,2)3;2*1-7(12)10-9-5-3-4-8(9)6-11(10)2;1-6(13)9-3-7-8(4-12(9)2)11-5-10-7;1-6-4-8(7(2)10)9(3)5-6/h3-7,13-14H,8-10H2,1-2H3;3-5,7-8H,6,9-11H2,1-2H3;2*3-7,12-13H,8-9H2,1-2H3;3-6,12H,7-8H2,1-2H3;2*7-9H,5H2,1-4H3;2*8-10H,3-6H2,1-2H3;5,9H,3-4H2,1-2H3,(H,10,11);8H,1,4-5H2,2-3H3/t13-,14-;14-;12-,13+;12-,13-;12-;7-,8-,9+;7-,8-,9-;8-,9-,10+;8-,9-,10-;9-;8-/m01100010100/s1. The van der Waals surface area contributed by atoms with Crippen LogP contribution in [0.5, 0.6) is 11.5 Å². The topological polar surface area (TPSA) is 280 Å². The summed E-state index contributed by atoms with van der Waals surface area (Å²) in [6.07, 6.45) is 17.9. The number of fused-ring (bicyclic) bond motifs is 6. The van der Waals surface area contributed by atoms with E-state index in [1.165, 1.54) is 66.4 Å². The Balaban J connectivity index is 0.000000157. The first-order valence-corrected chi connectivity index (χ1v) is 55.1. The van der Waals surface area contributed by atoms with Gasteiger partial charge in [-0.15, -0.1) is 0 Å². The SMILES string of the molecule is C=C1C[C@@H](C(C)=O)N(C)C1.CC(=O)[C@@H]1C[C@@H](Oc2ccccc2)CN1C.CC(=O)[C@@H]1C[C@H](OCc2ccccc2)CN1C.CC(=O)[C@@H]1C[C@H](Oc2ccccc2)CN1C.CC(=O)[C@@H]1Cc2ccccc2CN1C.CC(=O)[C@@H]1Cc2nc[nH]c2CN1C.CC(=O)[C@@H]1[C@@H]2CCC[C@@H]2CN1C.CC(=O)[C@@H]1[C@@H]2[C@H](CN1C)C2(C)C.CC(=O)[C@@H]1[C@H]2CCC[C@H]2CN1C.CC(=O)[C@@H]1[C@H]2[C@@H](CN1C)C2(C)C.CC(=O)[C@]1(Cc2ccccc2)CCCN1C. The fourth-order valence-corrected chi connectivity index (χ4v) is 27.1. The summed E-state index contributed by atoms with van der Waals surface area (Å²) in [5, 5.41) is 0. The summed E-state index contributed by atoms with van der Waals surface area (Å²) in [5.41, 5.74) is 9.08. The fraction of sp³-hybridized carbons (Fsp3) is 0.626. The van der Waals surface area contributed by atoms with Gasteiger partial charge in [0.25, 0.3) is 0 Å². The van der Waals surface area contributed by atoms with Crippen LogP contribution < -0.4 is 9.47 Å². The molecule has 4 saturated carbocycles. The molecule has 1 N–H and O–H groups in total. The Morgan fingerprint density at radius 2 is 0.733 bits per heavy atom. The largest absolute Gasteiger partial charge is 0.489 e. The zero-order chi connectivity index (χ0) is 110. The second kappa shape index (κ2) is 54.6. The Labute approximate surface area is 897 Å². The summed E-state index contributed by atoms with van der Waals surface area (Å²) in [7, 11) is 22.2. The summed E-state index contributed by atoms with van der Waals surface area (Å²) in [5.74, 6) is 10.7. The van der Waals surface area contributed by atoms with Crippen molar-refractivity contribution in [3.63, 3.8) is 0 Å². The van der Waals surface area contributed by atoms with Gasteiger partial charge >= 0.3 is 0 Å². The van der Waals surface area contributed by atoms with Gasteiger partial charge < -0.3 is 19.2 Å². The molecule has 0 amide bonds. The van der Waals surface area contributed by atoms with Crippen molar-refractivity contribution in [2.24, 2.45) is 58.2 Å². The molecular formula is C123H181N13O14. The summed E-state index contributed by atoms with van der Waals surface area (Å²) in [4.78, 5) is 156. The number of likely N-dealkylation sites (tertiary alicyclic amines) is 9. The second-order valence-corrected chi connectivity index (χ2v) is 47.4. The highest BCUT2D eigenvalue weighted by Crippen LogP contribution is 2.65. The summed E-state index contributed by atoms with van der Waals surface area (Å²) >= 11 is 0. The minimum Gasteiger partial charge on any atom is -0.489 e. The number of ketones is 11. The number of ether oxygens (including phenoxy) is 3. The molecule has 27 heteroatoms. The maximum absolute atomic E-state index is 11.9. The highest BCUT2D eigenvalue weighted by Gasteiger charge is 2.68. The Kier molecular flexibility index (Phi) is 43.9. The lowest BCUT2D eigenvalue weighted by Crippen LogP contribution is -2.49. The molecule has 13 fully saturated rings. The molecule has 0 radical (unpaired) electrons. The lowest BCUT2D eigenvalue weighted by molar-refractivity contribution is -0.127. The average molecular weight is 2070 g/mol. The van der Waals surface area contributed by atoms with Crippen LogP contribution in [0.2, 0.25) is 0 Å². The third-order valence-corrected chi connectivity index (χ3v) is 35.5. The predicted molar refractivity (Wildman–Crippen MR) is 594 cm³/mol. The van der Waals surface area contributed by atoms with E-state index in [1.54, 1.807) is 82.5 Å². The molecule has 27 nitrogen and oxygen atoms in total. The van der Waals surface area contributed by atoms with Gasteiger partial charge in [-0.05, 0) is 329 Å². The fourth-order valence-electron chi connectivity index (χ4n) is 27.1. The van der Waals surface area contributed by atoms with Crippen molar-refractivity contribution in [3.05, 3.63) is 198 Å². The van der Waals surface area contributed by atoms with Gasteiger partial charge in [0.2, 0.25) is 0 Å².